The molecular weight excluding hydrogens is 278 g/mol. The van der Waals surface area contributed by atoms with Gasteiger partial charge < -0.3 is 10.5 Å². The molecule has 19 heavy (non-hydrogen) atoms. The van der Waals surface area contributed by atoms with Crippen molar-refractivity contribution in [2.75, 3.05) is 18.6 Å². The molecule has 0 atom stereocenters. The molecule has 2 aromatic carbocycles. The smallest absolute Gasteiger partial charge is 0.118 e. The molecule has 0 radical (unpaired) electrons. The highest BCUT2D eigenvalue weighted by molar-refractivity contribution is 7.99. The first kappa shape index (κ1) is 14.1. The average Bonchev–Trinajstić information content (AvgIpc) is 2.43. The second-order valence-corrected chi connectivity index (χ2v) is 5.68. The molecule has 0 aliphatic rings. The fraction of sp³-hybridized carbons (Fsp3) is 0.200. The monoisotopic (exact) mass is 293 g/mol. The fourth-order valence-electron chi connectivity index (χ4n) is 1.70. The van der Waals surface area contributed by atoms with Crippen molar-refractivity contribution in [3.05, 3.63) is 53.1 Å². The summed E-state index contributed by atoms with van der Waals surface area (Å²) in [6.45, 7) is 0. The number of hydrogen-bond donors (Lipinski definition) is 1. The van der Waals surface area contributed by atoms with E-state index in [9.17, 15) is 0 Å². The van der Waals surface area contributed by atoms with Gasteiger partial charge in [0, 0.05) is 16.3 Å². The topological polar surface area (TPSA) is 35.2 Å². The summed E-state index contributed by atoms with van der Waals surface area (Å²) in [5.74, 6) is 1.85. The van der Waals surface area contributed by atoms with Crippen LogP contribution in [0.5, 0.6) is 5.75 Å². The Hall–Kier alpha value is -1.32. The molecule has 0 aromatic heterocycles. The molecule has 0 fully saturated rings. The van der Waals surface area contributed by atoms with Crippen LogP contribution in [0.3, 0.4) is 0 Å². The van der Waals surface area contributed by atoms with Crippen LogP contribution in [-0.2, 0) is 6.42 Å². The van der Waals surface area contributed by atoms with Gasteiger partial charge in [0.25, 0.3) is 0 Å². The highest BCUT2D eigenvalue weighted by Gasteiger charge is 2.02. The van der Waals surface area contributed by atoms with E-state index < -0.39 is 0 Å². The van der Waals surface area contributed by atoms with E-state index in [-0.39, 0.29) is 0 Å². The van der Waals surface area contributed by atoms with Gasteiger partial charge in [-0.3, -0.25) is 0 Å². The van der Waals surface area contributed by atoms with E-state index >= 15 is 0 Å². The molecular formula is C15H16ClNOS. The number of rotatable bonds is 5. The molecule has 0 heterocycles. The Balaban J connectivity index is 1.90. The van der Waals surface area contributed by atoms with E-state index in [1.807, 2.05) is 30.3 Å². The summed E-state index contributed by atoms with van der Waals surface area (Å²) in [4.78, 5) is 1.04. The van der Waals surface area contributed by atoms with Crippen molar-refractivity contribution >= 4 is 29.1 Å². The molecule has 0 amide bonds. The standard InChI is InChI=1S/C15H16ClNOS/c1-18-13-5-2-11(3-6-13)8-9-19-15-10-12(17)4-7-14(15)16/h2-7,10H,8-9,17H2,1H3. The Labute approximate surface area is 122 Å². The van der Waals surface area contributed by atoms with E-state index in [1.54, 1.807) is 18.9 Å². The molecule has 2 rings (SSSR count). The lowest BCUT2D eigenvalue weighted by Crippen LogP contribution is -1.91. The third-order valence-electron chi connectivity index (χ3n) is 2.76. The highest BCUT2D eigenvalue weighted by atomic mass is 35.5. The van der Waals surface area contributed by atoms with Crippen molar-refractivity contribution in [2.45, 2.75) is 11.3 Å². The van der Waals surface area contributed by atoms with Crippen molar-refractivity contribution in [1.82, 2.24) is 0 Å². The zero-order valence-electron chi connectivity index (χ0n) is 10.7. The number of hydrogen-bond acceptors (Lipinski definition) is 3. The van der Waals surface area contributed by atoms with Crippen LogP contribution >= 0.6 is 23.4 Å². The number of ether oxygens (including phenoxy) is 1. The average molecular weight is 294 g/mol. The zero-order valence-corrected chi connectivity index (χ0v) is 12.3. The molecule has 2 N–H and O–H groups in total. The number of halogens is 1. The predicted octanol–water partition coefficient (Wildman–Crippen LogP) is 4.27. The van der Waals surface area contributed by atoms with Gasteiger partial charge in [0.1, 0.15) is 5.75 Å². The van der Waals surface area contributed by atoms with Gasteiger partial charge in [-0.1, -0.05) is 23.7 Å². The summed E-state index contributed by atoms with van der Waals surface area (Å²) >= 11 is 7.85. The van der Waals surface area contributed by atoms with Crippen molar-refractivity contribution in [3.63, 3.8) is 0 Å². The lowest BCUT2D eigenvalue weighted by atomic mass is 10.2. The first-order valence-corrected chi connectivity index (χ1v) is 7.36. The molecule has 0 spiro atoms. The molecule has 2 nitrogen and oxygen atoms in total. The second-order valence-electron chi connectivity index (χ2n) is 4.14. The Morgan fingerprint density at radius 2 is 1.89 bits per heavy atom. The van der Waals surface area contributed by atoms with Crippen LogP contribution in [0, 0.1) is 0 Å². The summed E-state index contributed by atoms with van der Waals surface area (Å²) in [7, 11) is 1.67. The fourth-order valence-corrected chi connectivity index (χ4v) is 2.97. The Morgan fingerprint density at radius 3 is 2.58 bits per heavy atom. The first-order valence-electron chi connectivity index (χ1n) is 6.00. The van der Waals surface area contributed by atoms with Crippen LogP contribution in [0.4, 0.5) is 5.69 Å². The molecule has 0 aliphatic heterocycles. The summed E-state index contributed by atoms with van der Waals surface area (Å²) in [5.41, 5.74) is 7.79. The number of nitrogens with two attached hydrogens (primary N) is 1. The first-order chi connectivity index (χ1) is 9.19. The minimum absolute atomic E-state index is 0.747. The third kappa shape index (κ3) is 4.08. The van der Waals surface area contributed by atoms with Crippen molar-refractivity contribution < 1.29 is 4.74 Å². The van der Waals surface area contributed by atoms with Crippen LogP contribution in [0.25, 0.3) is 0 Å². The molecule has 0 bridgehead atoms. The van der Waals surface area contributed by atoms with Crippen LogP contribution in [0.2, 0.25) is 5.02 Å². The normalized spacial score (nSPS) is 10.4. The lowest BCUT2D eigenvalue weighted by molar-refractivity contribution is 0.414. The minimum Gasteiger partial charge on any atom is -0.497 e. The van der Waals surface area contributed by atoms with Crippen LogP contribution < -0.4 is 10.5 Å². The molecule has 0 unspecified atom stereocenters. The van der Waals surface area contributed by atoms with Crippen LogP contribution in [0.15, 0.2) is 47.4 Å². The summed E-state index contributed by atoms with van der Waals surface area (Å²) in [5, 5.41) is 0.758. The van der Waals surface area contributed by atoms with Gasteiger partial charge >= 0.3 is 0 Å². The van der Waals surface area contributed by atoms with Gasteiger partial charge in [-0.05, 0) is 42.3 Å². The Bertz CT molecular complexity index is 542. The van der Waals surface area contributed by atoms with E-state index in [4.69, 9.17) is 22.1 Å². The van der Waals surface area contributed by atoms with Crippen LogP contribution in [-0.4, -0.2) is 12.9 Å². The second kappa shape index (κ2) is 6.73. The maximum atomic E-state index is 6.12. The summed E-state index contributed by atoms with van der Waals surface area (Å²) in [6.07, 6.45) is 0.986. The molecule has 0 saturated carbocycles. The van der Waals surface area contributed by atoms with E-state index in [0.717, 1.165) is 33.5 Å². The molecule has 0 aliphatic carbocycles. The van der Waals surface area contributed by atoms with Gasteiger partial charge in [0.15, 0.2) is 0 Å². The summed E-state index contributed by atoms with van der Waals surface area (Å²) < 4.78 is 5.14. The maximum Gasteiger partial charge on any atom is 0.118 e. The molecule has 4 heteroatoms. The third-order valence-corrected chi connectivity index (χ3v) is 4.26. The summed E-state index contributed by atoms with van der Waals surface area (Å²) in [6, 6.07) is 13.7. The van der Waals surface area contributed by atoms with E-state index in [0.29, 0.717) is 0 Å². The van der Waals surface area contributed by atoms with Crippen molar-refractivity contribution in [2.24, 2.45) is 0 Å². The number of aryl methyl sites for hydroxylation is 1. The molecule has 100 valence electrons. The zero-order chi connectivity index (χ0) is 13.7. The quantitative estimate of drug-likeness (QED) is 0.660. The van der Waals surface area contributed by atoms with Gasteiger partial charge in [-0.15, -0.1) is 11.8 Å². The number of nitrogen functional groups attached to an aromatic ring is 1. The van der Waals surface area contributed by atoms with Gasteiger partial charge in [0.05, 0.1) is 12.1 Å². The largest absolute Gasteiger partial charge is 0.497 e. The highest BCUT2D eigenvalue weighted by Crippen LogP contribution is 2.29. The van der Waals surface area contributed by atoms with Gasteiger partial charge in [-0.2, -0.15) is 0 Å². The minimum atomic E-state index is 0.747. The number of methoxy groups -OCH3 is 1. The number of anilines is 1. The molecule has 0 saturated heterocycles. The van der Waals surface area contributed by atoms with E-state index in [2.05, 4.69) is 12.1 Å². The Kier molecular flexibility index (Phi) is 5.00. The van der Waals surface area contributed by atoms with E-state index in [1.165, 1.54) is 5.56 Å². The SMILES string of the molecule is COc1ccc(CCSc2cc(N)ccc2Cl)cc1. The van der Waals surface area contributed by atoms with Crippen molar-refractivity contribution in [1.29, 1.82) is 0 Å². The lowest BCUT2D eigenvalue weighted by Gasteiger charge is -2.06. The molecule has 2 aromatic rings. The predicted molar refractivity (Wildman–Crippen MR) is 83.3 cm³/mol. The van der Waals surface area contributed by atoms with Crippen molar-refractivity contribution in [3.8, 4) is 5.75 Å². The number of thioether (sulfide) groups is 1. The maximum absolute atomic E-state index is 6.12. The Morgan fingerprint density at radius 1 is 1.16 bits per heavy atom. The van der Waals surface area contributed by atoms with Gasteiger partial charge in [0.2, 0.25) is 0 Å². The number of benzene rings is 2. The van der Waals surface area contributed by atoms with Crippen LogP contribution in [0.1, 0.15) is 5.56 Å². The van der Waals surface area contributed by atoms with Gasteiger partial charge in [-0.25, -0.2) is 0 Å².